The van der Waals surface area contributed by atoms with Crippen molar-refractivity contribution in [2.75, 3.05) is 52.4 Å². The molecule has 0 unspecified atom stereocenters. The number of carbonyl (C=O) groups is 2. The van der Waals surface area contributed by atoms with Crippen molar-refractivity contribution in [3.63, 3.8) is 0 Å². The SMILES string of the molecule is O=C=NCCCCCCNCC(=O)N(CCCCCCN=C=O)C(=O)CNCCCCCCN=C=O. The Balaban J connectivity index is 4.31. The van der Waals surface area contributed by atoms with Crippen LogP contribution in [0.1, 0.15) is 77.0 Å². The normalized spacial score (nSPS) is 10.1. The van der Waals surface area contributed by atoms with Gasteiger partial charge < -0.3 is 10.6 Å². The number of imide groups is 1. The molecule has 0 rings (SSSR count). The van der Waals surface area contributed by atoms with Crippen LogP contribution in [0.2, 0.25) is 0 Å². The minimum atomic E-state index is -0.233. The van der Waals surface area contributed by atoms with Crippen LogP contribution in [0.15, 0.2) is 15.0 Å². The van der Waals surface area contributed by atoms with Crippen molar-refractivity contribution >= 4 is 30.1 Å². The zero-order valence-corrected chi connectivity index (χ0v) is 21.5. The van der Waals surface area contributed by atoms with Crippen LogP contribution >= 0.6 is 0 Å². The van der Waals surface area contributed by atoms with E-state index in [9.17, 15) is 24.0 Å². The Morgan fingerprint density at radius 2 is 0.889 bits per heavy atom. The molecule has 0 aliphatic rings. The van der Waals surface area contributed by atoms with E-state index in [1.54, 1.807) is 0 Å². The van der Waals surface area contributed by atoms with E-state index in [4.69, 9.17) is 0 Å². The molecule has 11 heteroatoms. The fourth-order valence-electron chi connectivity index (χ4n) is 3.51. The zero-order chi connectivity index (χ0) is 26.5. The molecule has 0 saturated carbocycles. The Kier molecular flexibility index (Phi) is 24.7. The molecule has 11 nitrogen and oxygen atoms in total. The topological polar surface area (TPSA) is 150 Å². The molecule has 0 radical (unpaired) electrons. The third kappa shape index (κ3) is 21.7. The van der Waals surface area contributed by atoms with Crippen molar-refractivity contribution in [3.8, 4) is 0 Å². The Morgan fingerprint density at radius 3 is 1.28 bits per heavy atom. The smallest absolute Gasteiger partial charge is 0.243 e. The van der Waals surface area contributed by atoms with E-state index >= 15 is 0 Å². The molecule has 2 amide bonds. The van der Waals surface area contributed by atoms with Crippen molar-refractivity contribution < 1.29 is 24.0 Å². The van der Waals surface area contributed by atoms with Crippen molar-refractivity contribution in [3.05, 3.63) is 0 Å². The molecular weight excluding hydrogens is 464 g/mol. The highest BCUT2D eigenvalue weighted by Gasteiger charge is 2.20. The first-order valence-electron chi connectivity index (χ1n) is 13.0. The fourth-order valence-corrected chi connectivity index (χ4v) is 3.51. The summed E-state index contributed by atoms with van der Waals surface area (Å²) in [4.78, 5) is 67.5. The first kappa shape index (κ1) is 33.2. The first-order valence-corrected chi connectivity index (χ1v) is 13.0. The number of amides is 2. The number of unbranched alkanes of at least 4 members (excludes halogenated alkanes) is 9. The van der Waals surface area contributed by atoms with Gasteiger partial charge in [0.2, 0.25) is 30.1 Å². The molecule has 0 aromatic heterocycles. The van der Waals surface area contributed by atoms with E-state index < -0.39 is 0 Å². The lowest BCUT2D eigenvalue weighted by Crippen LogP contribution is -2.46. The lowest BCUT2D eigenvalue weighted by molar-refractivity contribution is -0.143. The van der Waals surface area contributed by atoms with Gasteiger partial charge in [0.25, 0.3) is 0 Å². The standard InChI is InChI=1S/C25H42N6O5/c32-21-28-15-9-3-1-7-13-26-19-24(35)31(18-12-6-5-11-17-30-23-34)25(36)20-27-14-8-2-4-10-16-29-22-33/h26-27H,1-20H2. The summed E-state index contributed by atoms with van der Waals surface area (Å²) in [7, 11) is 0. The van der Waals surface area contributed by atoms with E-state index in [1.165, 1.54) is 23.1 Å². The predicted octanol–water partition coefficient (Wildman–Crippen LogP) is 2.21. The van der Waals surface area contributed by atoms with Gasteiger partial charge in [-0.2, -0.15) is 0 Å². The van der Waals surface area contributed by atoms with Crippen molar-refractivity contribution in [2.24, 2.45) is 15.0 Å². The zero-order valence-electron chi connectivity index (χ0n) is 21.5. The average Bonchev–Trinajstić information content (AvgIpc) is 2.88. The fraction of sp³-hybridized carbons (Fsp3) is 0.800. The second kappa shape index (κ2) is 26.8. The minimum absolute atomic E-state index is 0.110. The summed E-state index contributed by atoms with van der Waals surface area (Å²) in [5.74, 6) is -0.466. The Labute approximate surface area is 214 Å². The van der Waals surface area contributed by atoms with Gasteiger partial charge in [0, 0.05) is 6.54 Å². The van der Waals surface area contributed by atoms with Gasteiger partial charge in [-0.1, -0.05) is 38.5 Å². The molecule has 0 bridgehead atoms. The van der Waals surface area contributed by atoms with Crippen LogP contribution in [-0.2, 0) is 24.0 Å². The monoisotopic (exact) mass is 506 g/mol. The molecule has 0 aliphatic heterocycles. The quantitative estimate of drug-likeness (QED) is 0.109. The van der Waals surface area contributed by atoms with Crippen LogP contribution in [0.4, 0.5) is 0 Å². The number of rotatable bonds is 25. The lowest BCUT2D eigenvalue weighted by Gasteiger charge is -2.21. The molecule has 36 heavy (non-hydrogen) atoms. The van der Waals surface area contributed by atoms with E-state index in [2.05, 4.69) is 25.6 Å². The number of nitrogens with zero attached hydrogens (tertiary/aromatic N) is 4. The molecule has 0 fully saturated rings. The molecule has 0 spiro atoms. The second-order valence-electron chi connectivity index (χ2n) is 8.45. The highest BCUT2D eigenvalue weighted by atomic mass is 16.2. The van der Waals surface area contributed by atoms with Gasteiger partial charge >= 0.3 is 0 Å². The number of aliphatic imine (C=N–C) groups is 3. The van der Waals surface area contributed by atoms with Gasteiger partial charge in [-0.05, 0) is 51.6 Å². The molecule has 0 aromatic carbocycles. The molecule has 202 valence electrons. The Hall–Kier alpha value is -2.80. The summed E-state index contributed by atoms with van der Waals surface area (Å²) in [6.07, 6.45) is 15.1. The van der Waals surface area contributed by atoms with Crippen molar-refractivity contribution in [1.29, 1.82) is 0 Å². The van der Waals surface area contributed by atoms with E-state index in [0.717, 1.165) is 70.6 Å². The summed E-state index contributed by atoms with van der Waals surface area (Å²) in [6.45, 7) is 3.40. The molecule has 0 atom stereocenters. The lowest BCUT2D eigenvalue weighted by atomic mass is 10.2. The average molecular weight is 507 g/mol. The van der Waals surface area contributed by atoms with Gasteiger partial charge in [0.15, 0.2) is 0 Å². The summed E-state index contributed by atoms with van der Waals surface area (Å²) >= 11 is 0. The molecule has 2 N–H and O–H groups in total. The van der Waals surface area contributed by atoms with E-state index in [0.29, 0.717) is 45.7 Å². The predicted molar refractivity (Wildman–Crippen MR) is 137 cm³/mol. The summed E-state index contributed by atoms with van der Waals surface area (Å²) < 4.78 is 0. The summed E-state index contributed by atoms with van der Waals surface area (Å²) in [5.41, 5.74) is 0. The van der Waals surface area contributed by atoms with Gasteiger partial charge in [-0.3, -0.25) is 14.5 Å². The molecule has 0 aromatic rings. The van der Waals surface area contributed by atoms with E-state index in [-0.39, 0.29) is 24.9 Å². The third-order valence-corrected chi connectivity index (χ3v) is 5.50. The maximum atomic E-state index is 12.7. The molecular formula is C25H42N6O5. The second-order valence-corrected chi connectivity index (χ2v) is 8.45. The number of carbonyl (C=O) groups excluding carboxylic acids is 5. The molecule has 0 heterocycles. The minimum Gasteiger partial charge on any atom is -0.308 e. The number of nitrogens with one attached hydrogen (secondary N) is 2. The Morgan fingerprint density at radius 1 is 0.528 bits per heavy atom. The van der Waals surface area contributed by atoms with Gasteiger partial charge in [-0.15, -0.1) is 0 Å². The molecule has 0 saturated heterocycles. The first-order chi connectivity index (χ1) is 17.7. The van der Waals surface area contributed by atoms with Crippen LogP contribution in [0.5, 0.6) is 0 Å². The Bertz CT molecular complexity index is 682. The number of hydrogen-bond donors (Lipinski definition) is 2. The highest BCUT2D eigenvalue weighted by Crippen LogP contribution is 2.04. The largest absolute Gasteiger partial charge is 0.308 e. The number of hydrogen-bond acceptors (Lipinski definition) is 10. The van der Waals surface area contributed by atoms with Crippen molar-refractivity contribution in [1.82, 2.24) is 15.5 Å². The van der Waals surface area contributed by atoms with Crippen LogP contribution < -0.4 is 10.6 Å². The maximum absolute atomic E-state index is 12.7. The van der Waals surface area contributed by atoms with Gasteiger partial charge in [-0.25, -0.2) is 29.4 Å². The van der Waals surface area contributed by atoms with Crippen LogP contribution in [0.3, 0.4) is 0 Å². The molecule has 0 aliphatic carbocycles. The van der Waals surface area contributed by atoms with Gasteiger partial charge in [0.05, 0.1) is 32.7 Å². The van der Waals surface area contributed by atoms with Crippen LogP contribution in [-0.4, -0.2) is 87.3 Å². The van der Waals surface area contributed by atoms with Crippen LogP contribution in [0, 0.1) is 0 Å². The highest BCUT2D eigenvalue weighted by molar-refractivity contribution is 5.97. The van der Waals surface area contributed by atoms with Crippen LogP contribution in [0.25, 0.3) is 0 Å². The number of isocyanates is 3. The van der Waals surface area contributed by atoms with E-state index in [1.807, 2.05) is 0 Å². The van der Waals surface area contributed by atoms with Crippen molar-refractivity contribution in [2.45, 2.75) is 77.0 Å². The summed E-state index contributed by atoms with van der Waals surface area (Å²) in [5, 5.41) is 6.24. The summed E-state index contributed by atoms with van der Waals surface area (Å²) in [6, 6.07) is 0. The van der Waals surface area contributed by atoms with Gasteiger partial charge in [0.1, 0.15) is 0 Å². The maximum Gasteiger partial charge on any atom is 0.243 e. The third-order valence-electron chi connectivity index (χ3n) is 5.50.